The van der Waals surface area contributed by atoms with E-state index in [2.05, 4.69) is 252 Å². The van der Waals surface area contributed by atoms with Crippen molar-refractivity contribution in [1.29, 1.82) is 0 Å². The van der Waals surface area contributed by atoms with E-state index in [0.717, 1.165) is 50.3 Å². The van der Waals surface area contributed by atoms with Crippen molar-refractivity contribution < 1.29 is 4.42 Å². The molecule has 0 atom stereocenters. The number of para-hydroxylation sites is 3. The predicted molar refractivity (Wildman–Crippen MR) is 272 cm³/mol. The standard InChI is InChI=1S/C60H42N2OSi/c1-5-18-44(19-6-1)62-56-29-15-13-27-55(56)60-52(28-17-30-57(60)62)43-32-34-45(35-33-43)61(47-38-41-54-53-26-14-16-31-58(53)63-59(54)42-47)46-36-39-51(40-37-46)64(48-20-7-2-8-21-48,49-22-9-3-10-23-49)50-24-11-4-12-25-50/h1-42H. The molecule has 10 aromatic carbocycles. The zero-order chi connectivity index (χ0) is 42.5. The number of rotatable bonds is 9. The van der Waals surface area contributed by atoms with Gasteiger partial charge in [-0.2, -0.15) is 0 Å². The number of hydrogen-bond acceptors (Lipinski definition) is 2. The number of fused-ring (bicyclic) bond motifs is 6. The average Bonchev–Trinajstić information content (AvgIpc) is 3.92. The van der Waals surface area contributed by atoms with Crippen molar-refractivity contribution in [1.82, 2.24) is 4.57 Å². The topological polar surface area (TPSA) is 21.3 Å². The van der Waals surface area contributed by atoms with Crippen molar-refractivity contribution in [3.63, 3.8) is 0 Å². The van der Waals surface area contributed by atoms with E-state index >= 15 is 0 Å². The molecule has 0 aliphatic heterocycles. The molecule has 64 heavy (non-hydrogen) atoms. The fraction of sp³-hybridized carbons (Fsp3) is 0. The lowest BCUT2D eigenvalue weighted by Gasteiger charge is -2.35. The van der Waals surface area contributed by atoms with Crippen molar-refractivity contribution in [2.24, 2.45) is 0 Å². The third-order valence-electron chi connectivity index (χ3n) is 12.9. The minimum atomic E-state index is -2.71. The molecule has 0 radical (unpaired) electrons. The smallest absolute Gasteiger partial charge is 0.179 e. The molecule has 12 rings (SSSR count). The first kappa shape index (κ1) is 37.6. The summed E-state index contributed by atoms with van der Waals surface area (Å²) in [5, 5.41) is 10.1. The van der Waals surface area contributed by atoms with Crippen LogP contribution in [0.25, 0.3) is 60.6 Å². The van der Waals surface area contributed by atoms with Gasteiger partial charge < -0.3 is 13.9 Å². The molecular formula is C60H42N2OSi. The molecule has 0 aliphatic rings. The van der Waals surface area contributed by atoms with Crippen molar-refractivity contribution in [3.8, 4) is 16.8 Å². The van der Waals surface area contributed by atoms with Gasteiger partial charge in [0.15, 0.2) is 8.07 Å². The molecular weight excluding hydrogens is 793 g/mol. The lowest BCUT2D eigenvalue weighted by molar-refractivity contribution is 0.669. The van der Waals surface area contributed by atoms with E-state index in [1.54, 1.807) is 0 Å². The molecule has 302 valence electrons. The molecule has 0 amide bonds. The van der Waals surface area contributed by atoms with Gasteiger partial charge in [-0.1, -0.05) is 182 Å². The van der Waals surface area contributed by atoms with Gasteiger partial charge in [0.05, 0.1) is 11.0 Å². The zero-order valence-corrected chi connectivity index (χ0v) is 36.1. The van der Waals surface area contributed by atoms with Gasteiger partial charge in [0, 0.05) is 50.4 Å². The average molecular weight is 835 g/mol. The van der Waals surface area contributed by atoms with Gasteiger partial charge in [0.25, 0.3) is 0 Å². The Kier molecular flexibility index (Phi) is 9.17. The number of furan rings is 1. The molecule has 0 spiro atoms. The van der Waals surface area contributed by atoms with Gasteiger partial charge in [-0.15, -0.1) is 0 Å². The molecule has 0 unspecified atom stereocenters. The first-order valence-electron chi connectivity index (χ1n) is 21.9. The Morgan fingerprint density at radius 3 is 1.47 bits per heavy atom. The summed E-state index contributed by atoms with van der Waals surface area (Å²) in [6.45, 7) is 0. The highest BCUT2D eigenvalue weighted by Crippen LogP contribution is 2.42. The zero-order valence-electron chi connectivity index (χ0n) is 35.1. The van der Waals surface area contributed by atoms with E-state index in [4.69, 9.17) is 4.42 Å². The van der Waals surface area contributed by atoms with E-state index in [1.165, 1.54) is 48.1 Å². The number of benzene rings is 10. The highest BCUT2D eigenvalue weighted by molar-refractivity contribution is 7.19. The molecule has 12 aromatic rings. The second kappa shape index (κ2) is 15.6. The van der Waals surface area contributed by atoms with Crippen LogP contribution in [0, 0.1) is 0 Å². The fourth-order valence-corrected chi connectivity index (χ4v) is 14.9. The molecule has 4 heteroatoms. The first-order chi connectivity index (χ1) is 31.8. The molecule has 2 aromatic heterocycles. The van der Waals surface area contributed by atoms with Gasteiger partial charge in [-0.05, 0) is 98.6 Å². The molecule has 0 fully saturated rings. The van der Waals surface area contributed by atoms with Crippen LogP contribution >= 0.6 is 0 Å². The second-order valence-electron chi connectivity index (χ2n) is 16.4. The van der Waals surface area contributed by atoms with Gasteiger partial charge in [-0.3, -0.25) is 0 Å². The van der Waals surface area contributed by atoms with Crippen LogP contribution in [0.1, 0.15) is 0 Å². The maximum absolute atomic E-state index is 6.49. The van der Waals surface area contributed by atoms with Crippen LogP contribution in [-0.4, -0.2) is 12.6 Å². The van der Waals surface area contributed by atoms with Crippen LogP contribution < -0.4 is 25.6 Å². The fourth-order valence-electron chi connectivity index (χ4n) is 10.1. The lowest BCUT2D eigenvalue weighted by atomic mass is 9.99. The Bertz CT molecular complexity index is 3490. The molecule has 0 aliphatic carbocycles. The summed E-state index contributed by atoms with van der Waals surface area (Å²) < 4.78 is 8.87. The summed E-state index contributed by atoms with van der Waals surface area (Å²) in [4.78, 5) is 2.36. The SMILES string of the molecule is c1ccc(-n2c3ccccc3c3c(-c4ccc(N(c5ccc([Si](c6ccccc6)(c6ccccc6)c6ccccc6)cc5)c5ccc6c(c5)oc5ccccc56)cc4)cccc32)cc1. The van der Waals surface area contributed by atoms with E-state index in [9.17, 15) is 0 Å². The largest absolute Gasteiger partial charge is 0.456 e. The van der Waals surface area contributed by atoms with E-state index in [-0.39, 0.29) is 0 Å². The number of hydrogen-bond donors (Lipinski definition) is 0. The van der Waals surface area contributed by atoms with Crippen molar-refractivity contribution in [3.05, 3.63) is 255 Å². The molecule has 0 saturated heterocycles. The quantitative estimate of drug-likeness (QED) is 0.107. The maximum Gasteiger partial charge on any atom is 0.179 e. The number of anilines is 3. The third-order valence-corrected chi connectivity index (χ3v) is 17.7. The maximum atomic E-state index is 6.49. The van der Waals surface area contributed by atoms with Crippen molar-refractivity contribution in [2.75, 3.05) is 4.90 Å². The first-order valence-corrected chi connectivity index (χ1v) is 23.9. The lowest BCUT2D eigenvalue weighted by Crippen LogP contribution is -2.74. The second-order valence-corrected chi connectivity index (χ2v) is 20.3. The van der Waals surface area contributed by atoms with Crippen LogP contribution in [-0.2, 0) is 0 Å². The van der Waals surface area contributed by atoms with Crippen LogP contribution in [0.15, 0.2) is 259 Å². The summed E-state index contributed by atoms with van der Waals surface area (Å²) in [5.74, 6) is 0. The molecule has 0 saturated carbocycles. The Morgan fingerprint density at radius 1 is 0.344 bits per heavy atom. The molecule has 2 heterocycles. The van der Waals surface area contributed by atoms with Gasteiger partial charge in [0.1, 0.15) is 11.2 Å². The summed E-state index contributed by atoms with van der Waals surface area (Å²) in [7, 11) is -2.71. The van der Waals surface area contributed by atoms with Crippen LogP contribution in [0.5, 0.6) is 0 Å². The summed E-state index contributed by atoms with van der Waals surface area (Å²) >= 11 is 0. The summed E-state index contributed by atoms with van der Waals surface area (Å²) in [6.07, 6.45) is 0. The highest BCUT2D eigenvalue weighted by atomic mass is 28.3. The minimum Gasteiger partial charge on any atom is -0.456 e. The van der Waals surface area contributed by atoms with E-state index < -0.39 is 8.07 Å². The summed E-state index contributed by atoms with van der Waals surface area (Å²) in [5.41, 5.74) is 10.8. The third kappa shape index (κ3) is 6.10. The van der Waals surface area contributed by atoms with Gasteiger partial charge in [-0.25, -0.2) is 0 Å². The van der Waals surface area contributed by atoms with Gasteiger partial charge >= 0.3 is 0 Å². The summed E-state index contributed by atoms with van der Waals surface area (Å²) in [6, 6.07) is 92.8. The van der Waals surface area contributed by atoms with Crippen molar-refractivity contribution in [2.45, 2.75) is 0 Å². The number of aromatic nitrogens is 1. The minimum absolute atomic E-state index is 0.863. The molecule has 3 nitrogen and oxygen atoms in total. The molecule has 0 bridgehead atoms. The Labute approximate surface area is 373 Å². The number of nitrogens with zero attached hydrogens (tertiary/aromatic N) is 2. The van der Waals surface area contributed by atoms with Gasteiger partial charge in [0.2, 0.25) is 0 Å². The normalized spacial score (nSPS) is 11.8. The van der Waals surface area contributed by atoms with Crippen LogP contribution in [0.4, 0.5) is 17.1 Å². The van der Waals surface area contributed by atoms with Crippen molar-refractivity contribution >= 4 is 89.6 Å². The van der Waals surface area contributed by atoms with E-state index in [1.807, 2.05) is 12.1 Å². The van der Waals surface area contributed by atoms with Crippen LogP contribution in [0.2, 0.25) is 0 Å². The Balaban J connectivity index is 1.02. The Morgan fingerprint density at radius 2 is 0.828 bits per heavy atom. The predicted octanol–water partition coefficient (Wildman–Crippen LogP) is 13.2. The monoisotopic (exact) mass is 834 g/mol. The van der Waals surface area contributed by atoms with E-state index in [0.29, 0.717) is 0 Å². The molecule has 0 N–H and O–H groups in total. The van der Waals surface area contributed by atoms with Crippen LogP contribution in [0.3, 0.4) is 0 Å². The highest BCUT2D eigenvalue weighted by Gasteiger charge is 2.41. The Hall–Kier alpha value is -8.18.